The summed E-state index contributed by atoms with van der Waals surface area (Å²) in [5.74, 6) is -0.221. The largest absolute Gasteiger partial charge is 0.306 e. The van der Waals surface area contributed by atoms with Crippen molar-refractivity contribution in [3.05, 3.63) is 63.9 Å². The lowest BCUT2D eigenvalue weighted by molar-refractivity contribution is 0.568. The molecule has 2 aromatic rings. The van der Waals surface area contributed by atoms with Crippen LogP contribution in [0.25, 0.3) is 0 Å². The Morgan fingerprint density at radius 2 is 1.90 bits per heavy atom. The third kappa shape index (κ3) is 4.08. The van der Waals surface area contributed by atoms with Crippen molar-refractivity contribution in [3.63, 3.8) is 0 Å². The molecule has 0 aliphatic heterocycles. The molecule has 20 heavy (non-hydrogen) atoms. The third-order valence-corrected chi connectivity index (χ3v) is 4.60. The van der Waals surface area contributed by atoms with Crippen molar-refractivity contribution in [2.75, 3.05) is 6.26 Å². The van der Waals surface area contributed by atoms with E-state index in [1.165, 1.54) is 10.5 Å². The van der Waals surface area contributed by atoms with Crippen LogP contribution in [-0.2, 0) is 6.54 Å². The third-order valence-electron chi connectivity index (χ3n) is 3.21. The molecule has 4 heteroatoms. The Balaban J connectivity index is 1.96. The van der Waals surface area contributed by atoms with Crippen molar-refractivity contribution < 1.29 is 4.39 Å². The molecule has 0 saturated heterocycles. The van der Waals surface area contributed by atoms with E-state index >= 15 is 0 Å². The van der Waals surface area contributed by atoms with Gasteiger partial charge >= 0.3 is 0 Å². The number of hydrogen-bond acceptors (Lipinski definition) is 2. The molecule has 0 fully saturated rings. The monoisotopic (exact) mass is 353 g/mol. The van der Waals surface area contributed by atoms with Crippen LogP contribution < -0.4 is 5.32 Å². The van der Waals surface area contributed by atoms with Crippen molar-refractivity contribution in [1.29, 1.82) is 0 Å². The van der Waals surface area contributed by atoms with Gasteiger partial charge in [0.05, 0.1) is 4.47 Å². The van der Waals surface area contributed by atoms with Crippen LogP contribution in [0, 0.1) is 5.82 Å². The molecule has 1 N–H and O–H groups in total. The SMILES string of the molecule is CSc1ccc(C(C)NCc2ccc(Br)c(F)c2)cc1. The number of thioether (sulfide) groups is 1. The quantitative estimate of drug-likeness (QED) is 0.745. The van der Waals surface area contributed by atoms with Gasteiger partial charge < -0.3 is 5.32 Å². The molecule has 0 bridgehead atoms. The number of benzene rings is 2. The van der Waals surface area contributed by atoms with Crippen LogP contribution in [0.15, 0.2) is 51.8 Å². The molecule has 0 aliphatic carbocycles. The molecule has 106 valence electrons. The highest BCUT2D eigenvalue weighted by Gasteiger charge is 2.06. The molecule has 0 aromatic heterocycles. The van der Waals surface area contributed by atoms with E-state index in [0.29, 0.717) is 11.0 Å². The first-order valence-electron chi connectivity index (χ1n) is 6.41. The van der Waals surface area contributed by atoms with Gasteiger partial charge in [0.25, 0.3) is 0 Å². The van der Waals surface area contributed by atoms with Crippen molar-refractivity contribution in [1.82, 2.24) is 5.32 Å². The van der Waals surface area contributed by atoms with Gasteiger partial charge in [0.15, 0.2) is 0 Å². The predicted molar refractivity (Wildman–Crippen MR) is 87.6 cm³/mol. The summed E-state index contributed by atoms with van der Waals surface area (Å²) in [6.45, 7) is 2.76. The van der Waals surface area contributed by atoms with Crippen molar-refractivity contribution >= 4 is 27.7 Å². The molecule has 2 aromatic carbocycles. The summed E-state index contributed by atoms with van der Waals surface area (Å²) in [6, 6.07) is 14.0. The number of hydrogen-bond donors (Lipinski definition) is 1. The Kier molecular flexibility index (Phi) is 5.64. The summed E-state index contributed by atoms with van der Waals surface area (Å²) in [4.78, 5) is 1.26. The maximum absolute atomic E-state index is 13.4. The van der Waals surface area contributed by atoms with E-state index in [1.807, 2.05) is 6.07 Å². The van der Waals surface area contributed by atoms with Crippen LogP contribution in [0.3, 0.4) is 0 Å². The molecule has 0 saturated carbocycles. The fraction of sp³-hybridized carbons (Fsp3) is 0.250. The zero-order valence-electron chi connectivity index (χ0n) is 11.5. The minimum atomic E-state index is -0.221. The lowest BCUT2D eigenvalue weighted by atomic mass is 10.1. The zero-order chi connectivity index (χ0) is 14.5. The van der Waals surface area contributed by atoms with Gasteiger partial charge in [-0.3, -0.25) is 0 Å². The zero-order valence-corrected chi connectivity index (χ0v) is 13.9. The van der Waals surface area contributed by atoms with Crippen LogP contribution in [0.2, 0.25) is 0 Å². The molecule has 0 spiro atoms. The van der Waals surface area contributed by atoms with E-state index in [4.69, 9.17) is 0 Å². The molecule has 1 nitrogen and oxygen atoms in total. The van der Waals surface area contributed by atoms with Crippen LogP contribution in [0.4, 0.5) is 4.39 Å². The Bertz CT molecular complexity index is 571. The van der Waals surface area contributed by atoms with Gasteiger partial charge in [-0.2, -0.15) is 0 Å². The fourth-order valence-corrected chi connectivity index (χ4v) is 2.59. The minimum Gasteiger partial charge on any atom is -0.306 e. The fourth-order valence-electron chi connectivity index (χ4n) is 1.93. The molecular weight excluding hydrogens is 337 g/mol. The van der Waals surface area contributed by atoms with Crippen LogP contribution in [0.5, 0.6) is 0 Å². The first-order chi connectivity index (χ1) is 9.60. The minimum absolute atomic E-state index is 0.221. The van der Waals surface area contributed by atoms with Gasteiger partial charge in [0.2, 0.25) is 0 Å². The number of halogens is 2. The predicted octanol–water partition coefficient (Wildman–Crippen LogP) is 5.16. The Morgan fingerprint density at radius 3 is 2.50 bits per heavy atom. The summed E-state index contributed by atoms with van der Waals surface area (Å²) in [7, 11) is 0. The first-order valence-corrected chi connectivity index (χ1v) is 8.43. The van der Waals surface area contributed by atoms with Gasteiger partial charge in [-0.15, -0.1) is 11.8 Å². The van der Waals surface area contributed by atoms with Gasteiger partial charge in [-0.1, -0.05) is 18.2 Å². The second-order valence-corrected chi connectivity index (χ2v) is 6.36. The molecule has 1 atom stereocenters. The number of rotatable bonds is 5. The lowest BCUT2D eigenvalue weighted by Gasteiger charge is -2.15. The maximum atomic E-state index is 13.4. The highest BCUT2D eigenvalue weighted by atomic mass is 79.9. The normalized spacial score (nSPS) is 12.4. The molecule has 0 aliphatic rings. The summed E-state index contributed by atoms with van der Waals surface area (Å²) in [6.07, 6.45) is 2.07. The molecule has 0 heterocycles. The van der Waals surface area contributed by atoms with Gasteiger partial charge in [0, 0.05) is 17.5 Å². The van der Waals surface area contributed by atoms with Crippen molar-refractivity contribution in [2.45, 2.75) is 24.4 Å². The highest BCUT2D eigenvalue weighted by Crippen LogP contribution is 2.20. The van der Waals surface area contributed by atoms with E-state index in [2.05, 4.69) is 58.7 Å². The van der Waals surface area contributed by atoms with Crippen molar-refractivity contribution in [2.24, 2.45) is 0 Å². The smallest absolute Gasteiger partial charge is 0.137 e. The van der Waals surface area contributed by atoms with Crippen LogP contribution >= 0.6 is 27.7 Å². The molecule has 1 unspecified atom stereocenters. The summed E-state index contributed by atoms with van der Waals surface area (Å²) < 4.78 is 13.9. The maximum Gasteiger partial charge on any atom is 0.137 e. The average molecular weight is 354 g/mol. The standard InChI is InChI=1S/C16H17BrFNS/c1-11(13-4-6-14(20-2)7-5-13)19-10-12-3-8-15(17)16(18)9-12/h3-9,11,19H,10H2,1-2H3. The molecule has 0 radical (unpaired) electrons. The average Bonchev–Trinajstić information content (AvgIpc) is 2.48. The van der Waals surface area contributed by atoms with Crippen molar-refractivity contribution in [3.8, 4) is 0 Å². The van der Waals surface area contributed by atoms with E-state index in [1.54, 1.807) is 23.9 Å². The van der Waals surface area contributed by atoms with Crippen LogP contribution in [0.1, 0.15) is 24.1 Å². The van der Waals surface area contributed by atoms with Gasteiger partial charge in [0.1, 0.15) is 5.82 Å². The van der Waals surface area contributed by atoms with E-state index in [-0.39, 0.29) is 11.9 Å². The highest BCUT2D eigenvalue weighted by molar-refractivity contribution is 9.10. The number of nitrogens with one attached hydrogen (secondary N) is 1. The summed E-state index contributed by atoms with van der Waals surface area (Å²) >= 11 is 4.90. The molecule has 2 rings (SSSR count). The Labute approximate surface area is 132 Å². The second-order valence-electron chi connectivity index (χ2n) is 4.62. The molecular formula is C16H17BrFNS. The lowest BCUT2D eigenvalue weighted by Crippen LogP contribution is -2.18. The van der Waals surface area contributed by atoms with Gasteiger partial charge in [-0.25, -0.2) is 4.39 Å². The first kappa shape index (κ1) is 15.5. The summed E-state index contributed by atoms with van der Waals surface area (Å²) in [5, 5.41) is 3.41. The van der Waals surface area contributed by atoms with E-state index in [0.717, 1.165) is 5.56 Å². The topological polar surface area (TPSA) is 12.0 Å². The van der Waals surface area contributed by atoms with Crippen LogP contribution in [-0.4, -0.2) is 6.26 Å². The Morgan fingerprint density at radius 1 is 1.20 bits per heavy atom. The van der Waals surface area contributed by atoms with Gasteiger partial charge in [-0.05, 0) is 64.5 Å². The summed E-state index contributed by atoms with van der Waals surface area (Å²) in [5.41, 5.74) is 2.18. The molecule has 0 amide bonds. The Hall–Kier alpha value is -0.840. The second kappa shape index (κ2) is 7.25. The van der Waals surface area contributed by atoms with E-state index in [9.17, 15) is 4.39 Å². The van der Waals surface area contributed by atoms with E-state index < -0.39 is 0 Å².